The zero-order valence-corrected chi connectivity index (χ0v) is 19.6. The Kier molecular flexibility index (Phi) is 6.55. The van der Waals surface area contributed by atoms with Crippen molar-refractivity contribution in [2.75, 3.05) is 26.0 Å². The smallest absolute Gasteiger partial charge is 0.271 e. The van der Waals surface area contributed by atoms with Crippen LogP contribution >= 0.6 is 0 Å². The highest BCUT2D eigenvalue weighted by molar-refractivity contribution is 5.92. The number of imidazole rings is 1. The monoisotopic (exact) mass is 474 g/mol. The molecule has 0 bridgehead atoms. The molecule has 4 aromatic rings. The number of amides is 1. The van der Waals surface area contributed by atoms with Crippen molar-refractivity contribution >= 4 is 28.6 Å². The maximum atomic E-state index is 15.5. The number of nitrogens with one attached hydrogen (secondary N) is 2. The lowest BCUT2D eigenvalue weighted by molar-refractivity contribution is 0.0822. The summed E-state index contributed by atoms with van der Waals surface area (Å²) in [4.78, 5) is 36.8. The highest BCUT2D eigenvalue weighted by Gasteiger charge is 2.25. The molecule has 1 aromatic carbocycles. The van der Waals surface area contributed by atoms with Crippen LogP contribution < -0.4 is 10.1 Å². The van der Waals surface area contributed by atoms with Crippen LogP contribution in [0.4, 0.5) is 15.9 Å². The third-order valence-corrected chi connectivity index (χ3v) is 5.36. The topological polar surface area (TPSA) is 113 Å². The normalized spacial score (nSPS) is 11.7. The second-order valence-electron chi connectivity index (χ2n) is 7.87. The van der Waals surface area contributed by atoms with Crippen molar-refractivity contribution in [1.29, 1.82) is 0 Å². The van der Waals surface area contributed by atoms with Crippen LogP contribution in [0.15, 0.2) is 37.1 Å². The van der Waals surface area contributed by atoms with E-state index in [-0.39, 0.29) is 35.2 Å². The summed E-state index contributed by atoms with van der Waals surface area (Å²) in [6.07, 6.45) is 4.32. The molecule has 0 fully saturated rings. The number of fused-ring (bicyclic) bond motifs is 1. The van der Waals surface area contributed by atoms with Gasteiger partial charge in [0.15, 0.2) is 11.5 Å². The summed E-state index contributed by atoms with van der Waals surface area (Å²) in [7, 11) is 3.25. The molecule has 1 amide bonds. The lowest BCUT2D eigenvalue weighted by Crippen LogP contribution is -2.22. The second kappa shape index (κ2) is 9.72. The number of hydrogen-bond donors (Lipinski definition) is 2. The zero-order valence-electron chi connectivity index (χ0n) is 19.6. The molecule has 3 aromatic heterocycles. The Bertz CT molecular complexity index is 1430. The number of aromatic nitrogens is 5. The number of ether oxygens (including phenoxy) is 1. The van der Waals surface area contributed by atoms with E-state index in [1.165, 1.54) is 35.9 Å². The van der Waals surface area contributed by atoms with Crippen LogP contribution in [0.5, 0.6) is 5.75 Å². The number of aromatic amines is 1. The molecule has 0 spiro atoms. The minimum atomic E-state index is -0.717. The van der Waals surface area contributed by atoms with E-state index in [1.54, 1.807) is 27.1 Å². The van der Waals surface area contributed by atoms with Crippen molar-refractivity contribution in [3.05, 3.63) is 65.5 Å². The summed E-state index contributed by atoms with van der Waals surface area (Å²) in [6.45, 7) is 11.4. The Morgan fingerprint density at radius 3 is 2.74 bits per heavy atom. The lowest BCUT2D eigenvalue weighted by Gasteiger charge is -2.22. The van der Waals surface area contributed by atoms with Crippen LogP contribution in [0.1, 0.15) is 35.9 Å². The summed E-state index contributed by atoms with van der Waals surface area (Å²) in [5.41, 5.74) is 2.24. The fraction of sp³-hybridized carbons (Fsp3) is 0.250. The van der Waals surface area contributed by atoms with Gasteiger partial charge in [-0.1, -0.05) is 6.07 Å². The SMILES string of the molecule is [C-]#[N+]c1cc(C(C)Nc2ncnc3nc[nH]c23)c(OCC)c(-c2ccc(C(=O)N(C)C)nc2)c1F. The van der Waals surface area contributed by atoms with E-state index in [9.17, 15) is 4.79 Å². The molecule has 0 aliphatic carbocycles. The number of anilines is 1. The summed E-state index contributed by atoms with van der Waals surface area (Å²) >= 11 is 0. The zero-order chi connectivity index (χ0) is 25.1. The van der Waals surface area contributed by atoms with Crippen molar-refractivity contribution in [3.63, 3.8) is 0 Å². The number of carbonyl (C=O) groups excluding carboxylic acids is 1. The fourth-order valence-electron chi connectivity index (χ4n) is 3.66. The number of benzene rings is 1. The predicted molar refractivity (Wildman–Crippen MR) is 129 cm³/mol. The maximum absolute atomic E-state index is 15.5. The number of nitrogens with zero attached hydrogens (tertiary/aromatic N) is 6. The lowest BCUT2D eigenvalue weighted by atomic mass is 9.96. The molecule has 4 rings (SSSR count). The highest BCUT2D eigenvalue weighted by Crippen LogP contribution is 2.43. The second-order valence-corrected chi connectivity index (χ2v) is 7.87. The minimum Gasteiger partial charge on any atom is -0.493 e. The Labute approximate surface area is 201 Å². The molecule has 0 radical (unpaired) electrons. The summed E-state index contributed by atoms with van der Waals surface area (Å²) in [6, 6.07) is 4.16. The Balaban J connectivity index is 1.82. The standard InChI is InChI=1S/C24H23FN8O2/c1-6-35-21-15(13(2)32-23-20-22(29-11-28-20)30-12-31-23)9-17(26-3)19(25)18(21)14-7-8-16(27-10-14)24(34)33(4)5/h7-13H,6H2,1-2,4-5H3,(H2,28,29,30,31,32). The molecule has 2 N–H and O–H groups in total. The van der Waals surface area contributed by atoms with Gasteiger partial charge in [-0.2, -0.15) is 0 Å². The van der Waals surface area contributed by atoms with E-state index in [0.717, 1.165) is 0 Å². The van der Waals surface area contributed by atoms with Crippen molar-refractivity contribution in [3.8, 4) is 16.9 Å². The Hall–Kier alpha value is -4.59. The molecule has 0 saturated carbocycles. The summed E-state index contributed by atoms with van der Waals surface area (Å²) in [5, 5.41) is 3.28. The van der Waals surface area contributed by atoms with Crippen LogP contribution in [0.3, 0.4) is 0 Å². The van der Waals surface area contributed by atoms with Gasteiger partial charge in [0.2, 0.25) is 5.69 Å². The summed E-state index contributed by atoms with van der Waals surface area (Å²) in [5.74, 6) is -0.206. The molecular formula is C24H23FN8O2. The van der Waals surface area contributed by atoms with E-state index < -0.39 is 11.9 Å². The van der Waals surface area contributed by atoms with Gasteiger partial charge in [-0.3, -0.25) is 9.78 Å². The van der Waals surface area contributed by atoms with Gasteiger partial charge in [0.25, 0.3) is 5.91 Å². The van der Waals surface area contributed by atoms with Gasteiger partial charge in [-0.25, -0.2) is 24.2 Å². The molecule has 178 valence electrons. The number of pyridine rings is 1. The van der Waals surface area contributed by atoms with E-state index in [4.69, 9.17) is 11.3 Å². The first-order chi connectivity index (χ1) is 16.8. The number of rotatable bonds is 7. The number of hydrogen-bond acceptors (Lipinski definition) is 7. The van der Waals surface area contributed by atoms with Crippen LogP contribution in [-0.4, -0.2) is 56.4 Å². The molecule has 1 unspecified atom stereocenters. The molecule has 35 heavy (non-hydrogen) atoms. The molecule has 0 aliphatic rings. The van der Waals surface area contributed by atoms with Crippen LogP contribution in [0, 0.1) is 12.4 Å². The first-order valence-corrected chi connectivity index (χ1v) is 10.8. The van der Waals surface area contributed by atoms with Gasteiger partial charge < -0.3 is 19.9 Å². The molecule has 0 aliphatic heterocycles. The third kappa shape index (κ3) is 4.46. The Morgan fingerprint density at radius 1 is 1.29 bits per heavy atom. The molecule has 3 heterocycles. The molecule has 11 heteroatoms. The van der Waals surface area contributed by atoms with E-state index in [0.29, 0.717) is 28.1 Å². The first-order valence-electron chi connectivity index (χ1n) is 10.8. The van der Waals surface area contributed by atoms with Gasteiger partial charge in [-0.05, 0) is 26.0 Å². The first kappa shape index (κ1) is 23.6. The van der Waals surface area contributed by atoms with E-state index in [2.05, 4.69) is 35.1 Å². The van der Waals surface area contributed by atoms with Crippen LogP contribution in [0.25, 0.3) is 27.1 Å². The van der Waals surface area contributed by atoms with Crippen molar-refractivity contribution in [1.82, 2.24) is 29.8 Å². The average molecular weight is 475 g/mol. The molecular weight excluding hydrogens is 451 g/mol. The van der Waals surface area contributed by atoms with Gasteiger partial charge in [0.05, 0.1) is 31.1 Å². The van der Waals surface area contributed by atoms with Crippen molar-refractivity contribution in [2.24, 2.45) is 0 Å². The molecule has 0 saturated heterocycles. The maximum Gasteiger partial charge on any atom is 0.271 e. The highest BCUT2D eigenvalue weighted by atomic mass is 19.1. The van der Waals surface area contributed by atoms with Crippen LogP contribution in [0.2, 0.25) is 0 Å². The van der Waals surface area contributed by atoms with Gasteiger partial charge in [0, 0.05) is 31.4 Å². The fourth-order valence-corrected chi connectivity index (χ4v) is 3.66. The van der Waals surface area contributed by atoms with Gasteiger partial charge in [-0.15, -0.1) is 0 Å². The minimum absolute atomic E-state index is 0.106. The van der Waals surface area contributed by atoms with Gasteiger partial charge >= 0.3 is 0 Å². The third-order valence-electron chi connectivity index (χ3n) is 5.36. The van der Waals surface area contributed by atoms with Crippen molar-refractivity contribution in [2.45, 2.75) is 19.9 Å². The molecule has 1 atom stereocenters. The quantitative estimate of drug-likeness (QED) is 0.382. The average Bonchev–Trinajstić information content (AvgIpc) is 3.34. The number of H-pyrrole nitrogens is 1. The predicted octanol–water partition coefficient (Wildman–Crippen LogP) is 4.38. The van der Waals surface area contributed by atoms with E-state index in [1.807, 2.05) is 6.92 Å². The number of carbonyl (C=O) groups is 1. The Morgan fingerprint density at radius 2 is 2.09 bits per heavy atom. The van der Waals surface area contributed by atoms with Gasteiger partial charge in [0.1, 0.15) is 29.1 Å². The van der Waals surface area contributed by atoms with Crippen LogP contribution in [-0.2, 0) is 0 Å². The molecule has 10 nitrogen and oxygen atoms in total. The largest absolute Gasteiger partial charge is 0.493 e. The summed E-state index contributed by atoms with van der Waals surface area (Å²) < 4.78 is 21.4. The van der Waals surface area contributed by atoms with Crippen molar-refractivity contribution < 1.29 is 13.9 Å². The number of halogens is 1. The van der Waals surface area contributed by atoms with E-state index >= 15 is 4.39 Å².